The number of thiophene rings is 2. The Kier molecular flexibility index (Phi) is 3.87. The van der Waals surface area contributed by atoms with E-state index in [-0.39, 0.29) is 0 Å². The smallest absolute Gasteiger partial charge is 0.0783 e. The molecule has 0 aliphatic carbocycles. The molecular weight excluding hydrogens is 438 g/mol. The number of halogens is 2. The van der Waals surface area contributed by atoms with Crippen molar-refractivity contribution in [3.05, 3.63) is 39.8 Å². The van der Waals surface area contributed by atoms with E-state index in [1.807, 2.05) is 0 Å². The fourth-order valence-corrected chi connectivity index (χ4v) is 3.84. The maximum Gasteiger partial charge on any atom is 0.0783 e. The Morgan fingerprint density at radius 1 is 0.786 bits per heavy atom. The molecule has 0 saturated carbocycles. The summed E-state index contributed by atoms with van der Waals surface area (Å²) in [4.78, 5) is 2.27. The van der Waals surface area contributed by atoms with Crippen LogP contribution < -0.4 is 0 Å². The third kappa shape index (κ3) is 2.95. The lowest BCUT2D eigenvalue weighted by Gasteiger charge is -1.77. The van der Waals surface area contributed by atoms with E-state index in [1.165, 1.54) is 5.77 Å². The molecule has 0 aromatic carbocycles. The van der Waals surface area contributed by atoms with Gasteiger partial charge in [-0.1, -0.05) is 0 Å². The lowest BCUT2D eigenvalue weighted by atomic mass is 10.4. The van der Waals surface area contributed by atoms with Gasteiger partial charge in [-0.3, -0.25) is 0 Å². The van der Waals surface area contributed by atoms with Crippen molar-refractivity contribution in [1.29, 1.82) is 0 Å². The van der Waals surface area contributed by atoms with E-state index in [4.69, 9.17) is 0 Å². The number of hydrogen-bond acceptors (Lipinski definition) is 2. The molecule has 0 amide bonds. The summed E-state index contributed by atoms with van der Waals surface area (Å²) >= 11 is 8.08. The minimum atomic E-state index is 1.14. The molecule has 2 aromatic rings. The van der Waals surface area contributed by atoms with Crippen molar-refractivity contribution < 1.29 is 0 Å². The minimum Gasteiger partial charge on any atom is -0.121 e. The van der Waals surface area contributed by atoms with E-state index in [0.29, 0.717) is 0 Å². The second kappa shape index (κ2) is 4.96. The van der Waals surface area contributed by atoms with Gasteiger partial charge in [0.15, 0.2) is 0 Å². The molecule has 0 atom stereocenters. The third-order valence-corrected chi connectivity index (χ3v) is 5.07. The summed E-state index contributed by atoms with van der Waals surface area (Å²) < 4.78 is 2.57. The van der Waals surface area contributed by atoms with Crippen LogP contribution in [-0.2, 0) is 0 Å². The largest absolute Gasteiger partial charge is 0.121 e. The van der Waals surface area contributed by atoms with Gasteiger partial charge >= 0.3 is 0 Å². The van der Waals surface area contributed by atoms with Gasteiger partial charge in [0.05, 0.1) is 15.5 Å². The lowest BCUT2D eigenvalue weighted by molar-refractivity contribution is 1.88. The topological polar surface area (TPSA) is 0 Å². The van der Waals surface area contributed by atoms with E-state index in [1.54, 1.807) is 22.7 Å². The summed E-state index contributed by atoms with van der Waals surface area (Å²) in [6, 6.07) is 8.32. The third-order valence-electron chi connectivity index (χ3n) is 1.46. The molecule has 0 N–H and O–H groups in total. The van der Waals surface area contributed by atoms with Gasteiger partial charge in [0.25, 0.3) is 0 Å². The molecule has 2 heterocycles. The highest BCUT2D eigenvalue weighted by atomic mass is 127. The van der Waals surface area contributed by atoms with Crippen LogP contribution in [0.15, 0.2) is 24.3 Å². The van der Waals surface area contributed by atoms with Crippen LogP contribution in [0.25, 0.3) is 0 Å². The van der Waals surface area contributed by atoms with Crippen LogP contribution in [0.4, 0.5) is 0 Å². The van der Waals surface area contributed by atoms with E-state index in [0.717, 1.165) is 9.75 Å². The van der Waals surface area contributed by atoms with Gasteiger partial charge in [-0.05, 0) is 81.3 Å². The molecule has 0 saturated heterocycles. The van der Waals surface area contributed by atoms with E-state index < -0.39 is 0 Å². The molecule has 0 nitrogen and oxygen atoms in total. The molecule has 0 unspecified atom stereocenters. The zero-order valence-corrected chi connectivity index (χ0v) is 12.8. The molecule has 0 fully saturated rings. The Morgan fingerprint density at radius 3 is 1.50 bits per heavy atom. The summed E-state index contributed by atoms with van der Waals surface area (Å²) in [7, 11) is 0. The van der Waals surface area contributed by atoms with Crippen molar-refractivity contribution in [3.8, 4) is 11.8 Å². The first-order chi connectivity index (χ1) is 6.74. The predicted octanol–water partition coefficient (Wildman–Crippen LogP) is 4.42. The fraction of sp³-hybridized carbons (Fsp3) is 0. The molecule has 0 radical (unpaired) electrons. The molecule has 0 aliphatic rings. The van der Waals surface area contributed by atoms with E-state index in [9.17, 15) is 0 Å². The van der Waals surface area contributed by atoms with Crippen LogP contribution in [0.2, 0.25) is 0 Å². The van der Waals surface area contributed by atoms with Crippen molar-refractivity contribution >= 4 is 67.9 Å². The number of rotatable bonds is 0. The summed E-state index contributed by atoms with van der Waals surface area (Å²) in [5.74, 6) is 6.33. The van der Waals surface area contributed by atoms with Gasteiger partial charge in [-0.25, -0.2) is 0 Å². The summed E-state index contributed by atoms with van der Waals surface area (Å²) in [6.45, 7) is 0. The maximum atomic E-state index is 3.17. The molecule has 2 aromatic heterocycles. The van der Waals surface area contributed by atoms with Crippen molar-refractivity contribution in [2.75, 3.05) is 0 Å². The maximum absolute atomic E-state index is 3.17. The highest BCUT2D eigenvalue weighted by Gasteiger charge is 1.94. The van der Waals surface area contributed by atoms with Gasteiger partial charge in [-0.15, -0.1) is 22.7 Å². The SMILES string of the molecule is Ic1ccc(C#Cc2ccc(I)s2)s1. The van der Waals surface area contributed by atoms with Gasteiger partial charge in [0, 0.05) is 0 Å². The Labute approximate surface area is 118 Å². The van der Waals surface area contributed by atoms with Crippen molar-refractivity contribution in [2.45, 2.75) is 0 Å². The normalized spacial score (nSPS) is 9.57. The van der Waals surface area contributed by atoms with Gasteiger partial charge < -0.3 is 0 Å². The fourth-order valence-electron chi connectivity index (χ4n) is 0.886. The molecule has 0 aliphatic heterocycles. The number of hydrogen-bond donors (Lipinski definition) is 0. The van der Waals surface area contributed by atoms with Crippen LogP contribution >= 0.6 is 67.9 Å². The first kappa shape index (κ1) is 10.9. The summed E-state index contributed by atoms with van der Waals surface area (Å²) in [6.07, 6.45) is 0. The zero-order chi connectivity index (χ0) is 9.97. The monoisotopic (exact) mass is 442 g/mol. The molecule has 0 bridgehead atoms. The Bertz CT molecular complexity index is 455. The van der Waals surface area contributed by atoms with Crippen molar-refractivity contribution in [1.82, 2.24) is 0 Å². The second-order valence-electron chi connectivity index (χ2n) is 2.46. The van der Waals surface area contributed by atoms with Crippen LogP contribution in [0.5, 0.6) is 0 Å². The highest BCUT2D eigenvalue weighted by Crippen LogP contribution is 2.19. The van der Waals surface area contributed by atoms with Gasteiger partial charge in [0.1, 0.15) is 0 Å². The molecule has 4 heteroatoms. The average molecular weight is 442 g/mol. The molecule has 2 rings (SSSR count). The van der Waals surface area contributed by atoms with Crippen molar-refractivity contribution in [3.63, 3.8) is 0 Å². The van der Waals surface area contributed by atoms with Crippen LogP contribution in [0, 0.1) is 17.6 Å². The first-order valence-corrected chi connectivity index (χ1v) is 7.56. The Hall–Kier alpha value is 0.420. The van der Waals surface area contributed by atoms with E-state index in [2.05, 4.69) is 81.3 Å². The zero-order valence-electron chi connectivity index (χ0n) is 6.88. The van der Waals surface area contributed by atoms with Crippen LogP contribution in [0.1, 0.15) is 9.75 Å². The highest BCUT2D eigenvalue weighted by molar-refractivity contribution is 14.1. The van der Waals surface area contributed by atoms with Crippen molar-refractivity contribution in [2.24, 2.45) is 0 Å². The van der Waals surface area contributed by atoms with E-state index >= 15 is 0 Å². The molecule has 0 spiro atoms. The lowest BCUT2D eigenvalue weighted by Crippen LogP contribution is -1.61. The molecule has 70 valence electrons. The van der Waals surface area contributed by atoms with Gasteiger partial charge in [0.2, 0.25) is 0 Å². The first-order valence-electron chi connectivity index (χ1n) is 3.77. The summed E-state index contributed by atoms with van der Waals surface area (Å²) in [5.41, 5.74) is 0. The van der Waals surface area contributed by atoms with Crippen LogP contribution in [-0.4, -0.2) is 0 Å². The van der Waals surface area contributed by atoms with Crippen LogP contribution in [0.3, 0.4) is 0 Å². The molecular formula is C10H4I2S2. The summed E-state index contributed by atoms with van der Waals surface area (Å²) in [5, 5.41) is 0. The predicted molar refractivity (Wildman–Crippen MR) is 80.1 cm³/mol. The standard InChI is InChI=1S/C10H4I2S2/c11-9-5-3-7(13-9)1-2-8-4-6-10(12)14-8/h3-6H. The average Bonchev–Trinajstić information content (AvgIpc) is 2.72. The van der Waals surface area contributed by atoms with Gasteiger partial charge in [-0.2, -0.15) is 0 Å². The second-order valence-corrected chi connectivity index (χ2v) is 8.41. The quantitative estimate of drug-likeness (QED) is 0.419. The Morgan fingerprint density at radius 2 is 1.21 bits per heavy atom. The Balaban J connectivity index is 2.22. The molecule has 14 heavy (non-hydrogen) atoms. The minimum absolute atomic E-state index is 1.14.